The number of hydrogen-bond acceptors (Lipinski definition) is 3. The zero-order valence-corrected chi connectivity index (χ0v) is 11.4. The molecule has 2 heterocycles. The Morgan fingerprint density at radius 2 is 2.14 bits per heavy atom. The quantitative estimate of drug-likeness (QED) is 0.748. The molecule has 0 aliphatic heterocycles. The lowest BCUT2D eigenvalue weighted by atomic mass is 10.0. The van der Waals surface area contributed by atoms with E-state index in [2.05, 4.69) is 10.1 Å². The first-order chi connectivity index (χ1) is 10.1. The molecule has 0 aliphatic rings. The van der Waals surface area contributed by atoms with Crippen LogP contribution in [-0.2, 0) is 11.8 Å². The normalized spacial score (nSPS) is 11.3. The Morgan fingerprint density at radius 3 is 2.95 bits per heavy atom. The van der Waals surface area contributed by atoms with Crippen molar-refractivity contribution in [3.63, 3.8) is 0 Å². The second kappa shape index (κ2) is 5.20. The van der Waals surface area contributed by atoms with Gasteiger partial charge in [-0.15, -0.1) is 0 Å². The summed E-state index contributed by atoms with van der Waals surface area (Å²) in [4.78, 5) is 14.8. The summed E-state index contributed by atoms with van der Waals surface area (Å²) in [7, 11) is 1.90. The number of aliphatic carboxylic acids is 1. The fourth-order valence-corrected chi connectivity index (χ4v) is 2.28. The van der Waals surface area contributed by atoms with Gasteiger partial charge in [-0.2, -0.15) is 5.10 Å². The van der Waals surface area contributed by atoms with Crippen molar-refractivity contribution in [3.8, 4) is 11.1 Å². The van der Waals surface area contributed by atoms with Crippen LogP contribution in [0.1, 0.15) is 5.56 Å². The molecular weight excluding hydrogens is 266 g/mol. The molecule has 2 aromatic heterocycles. The first kappa shape index (κ1) is 13.1. The highest BCUT2D eigenvalue weighted by Gasteiger charge is 2.06. The molecule has 0 aliphatic carbocycles. The second-order valence-corrected chi connectivity index (χ2v) is 4.68. The van der Waals surface area contributed by atoms with Crippen LogP contribution in [0.25, 0.3) is 28.1 Å². The minimum atomic E-state index is -0.972. The molecule has 0 bridgehead atoms. The molecule has 0 radical (unpaired) electrons. The van der Waals surface area contributed by atoms with Crippen LogP contribution >= 0.6 is 0 Å². The number of nitrogens with zero attached hydrogens (tertiary/aromatic N) is 3. The maximum Gasteiger partial charge on any atom is 0.328 e. The Bertz CT molecular complexity index is 850. The molecule has 5 nitrogen and oxygen atoms in total. The summed E-state index contributed by atoms with van der Waals surface area (Å²) >= 11 is 0. The van der Waals surface area contributed by atoms with Crippen LogP contribution in [0.2, 0.25) is 0 Å². The minimum absolute atomic E-state index is 0.815. The zero-order chi connectivity index (χ0) is 14.8. The Balaban J connectivity index is 2.11. The SMILES string of the molecule is Cn1ncc2cc(-c3cnccc3C=CC(=O)O)ccc21. The second-order valence-electron chi connectivity index (χ2n) is 4.68. The average Bonchev–Trinajstić information content (AvgIpc) is 2.86. The summed E-state index contributed by atoms with van der Waals surface area (Å²) in [5, 5.41) is 14.0. The number of hydrogen-bond donors (Lipinski definition) is 1. The average molecular weight is 279 g/mol. The Kier molecular flexibility index (Phi) is 3.23. The number of fused-ring (bicyclic) bond motifs is 1. The van der Waals surface area contributed by atoms with Crippen LogP contribution in [0.5, 0.6) is 0 Å². The maximum atomic E-state index is 10.7. The van der Waals surface area contributed by atoms with Gasteiger partial charge in [-0.25, -0.2) is 4.79 Å². The van der Waals surface area contributed by atoms with Gasteiger partial charge in [0.15, 0.2) is 0 Å². The first-order valence-corrected chi connectivity index (χ1v) is 6.42. The molecule has 3 rings (SSSR count). The summed E-state index contributed by atoms with van der Waals surface area (Å²) in [5.41, 5.74) is 3.73. The Hall–Kier alpha value is -2.95. The van der Waals surface area contributed by atoms with Crippen LogP contribution in [0.3, 0.4) is 0 Å². The van der Waals surface area contributed by atoms with E-state index in [4.69, 9.17) is 5.11 Å². The van der Waals surface area contributed by atoms with Gasteiger partial charge in [0.2, 0.25) is 0 Å². The van der Waals surface area contributed by atoms with Crippen LogP contribution in [0, 0.1) is 0 Å². The number of aryl methyl sites for hydroxylation is 1. The highest BCUT2D eigenvalue weighted by atomic mass is 16.4. The molecule has 3 aromatic rings. The predicted octanol–water partition coefficient (Wildman–Crippen LogP) is 2.73. The van der Waals surface area contributed by atoms with Gasteiger partial charge in [0.1, 0.15) is 0 Å². The monoisotopic (exact) mass is 279 g/mol. The third-order valence-electron chi connectivity index (χ3n) is 3.32. The summed E-state index contributed by atoms with van der Waals surface area (Å²) in [6, 6.07) is 7.80. The third-order valence-corrected chi connectivity index (χ3v) is 3.32. The van der Waals surface area contributed by atoms with Gasteiger partial charge in [0.05, 0.1) is 11.7 Å². The molecule has 0 saturated heterocycles. The van der Waals surface area contributed by atoms with Crippen LogP contribution in [0.15, 0.2) is 48.9 Å². The van der Waals surface area contributed by atoms with E-state index in [1.807, 2.05) is 36.1 Å². The smallest absolute Gasteiger partial charge is 0.328 e. The predicted molar refractivity (Wildman–Crippen MR) is 80.6 cm³/mol. The van der Waals surface area contributed by atoms with Crippen molar-refractivity contribution in [1.29, 1.82) is 0 Å². The Labute approximate surface area is 121 Å². The van der Waals surface area contributed by atoms with Crippen LogP contribution in [0.4, 0.5) is 0 Å². The molecule has 0 unspecified atom stereocenters. The van der Waals surface area contributed by atoms with E-state index in [0.29, 0.717) is 0 Å². The largest absolute Gasteiger partial charge is 0.478 e. The molecule has 0 amide bonds. The lowest BCUT2D eigenvalue weighted by molar-refractivity contribution is -0.131. The van der Waals surface area contributed by atoms with E-state index in [-0.39, 0.29) is 0 Å². The van der Waals surface area contributed by atoms with Gasteiger partial charge in [-0.3, -0.25) is 9.67 Å². The summed E-state index contributed by atoms with van der Waals surface area (Å²) in [5.74, 6) is -0.972. The molecule has 104 valence electrons. The molecular formula is C16H13N3O2. The minimum Gasteiger partial charge on any atom is -0.478 e. The van der Waals surface area contributed by atoms with Crippen molar-refractivity contribution in [2.75, 3.05) is 0 Å². The van der Waals surface area contributed by atoms with Crippen molar-refractivity contribution < 1.29 is 9.90 Å². The van der Waals surface area contributed by atoms with Crippen molar-refractivity contribution in [2.45, 2.75) is 0 Å². The van der Waals surface area contributed by atoms with Gasteiger partial charge < -0.3 is 5.11 Å². The van der Waals surface area contributed by atoms with Crippen molar-refractivity contribution in [1.82, 2.24) is 14.8 Å². The number of benzene rings is 1. The Morgan fingerprint density at radius 1 is 1.29 bits per heavy atom. The number of carbonyl (C=O) groups is 1. The lowest BCUT2D eigenvalue weighted by Gasteiger charge is -2.06. The van der Waals surface area contributed by atoms with E-state index < -0.39 is 5.97 Å². The van der Waals surface area contributed by atoms with Crippen LogP contribution < -0.4 is 0 Å². The fraction of sp³-hybridized carbons (Fsp3) is 0.0625. The molecule has 5 heteroatoms. The highest BCUT2D eigenvalue weighted by molar-refractivity contribution is 5.89. The van der Waals surface area contributed by atoms with Crippen molar-refractivity contribution in [3.05, 3.63) is 54.5 Å². The van der Waals surface area contributed by atoms with Gasteiger partial charge >= 0.3 is 5.97 Å². The fourth-order valence-electron chi connectivity index (χ4n) is 2.28. The third kappa shape index (κ3) is 2.53. The van der Waals surface area contributed by atoms with E-state index in [1.54, 1.807) is 24.5 Å². The first-order valence-electron chi connectivity index (χ1n) is 6.42. The van der Waals surface area contributed by atoms with Gasteiger partial charge in [-0.1, -0.05) is 6.07 Å². The molecule has 0 spiro atoms. The standard InChI is InChI=1S/C16H13N3O2/c1-19-15-4-2-12(8-13(15)9-18-19)14-10-17-7-6-11(14)3-5-16(20)21/h2-10H,1H3,(H,20,21). The number of rotatable bonds is 3. The van der Waals surface area contributed by atoms with E-state index in [0.717, 1.165) is 33.7 Å². The number of aromatic nitrogens is 3. The summed E-state index contributed by atoms with van der Waals surface area (Å²) < 4.78 is 1.81. The molecule has 0 fully saturated rings. The van der Waals surface area contributed by atoms with Gasteiger partial charge in [0.25, 0.3) is 0 Å². The van der Waals surface area contributed by atoms with Gasteiger partial charge in [0, 0.05) is 36.5 Å². The molecule has 21 heavy (non-hydrogen) atoms. The highest BCUT2D eigenvalue weighted by Crippen LogP contribution is 2.27. The zero-order valence-electron chi connectivity index (χ0n) is 11.4. The van der Waals surface area contributed by atoms with Crippen LogP contribution in [-0.4, -0.2) is 25.8 Å². The van der Waals surface area contributed by atoms with E-state index in [1.165, 1.54) is 0 Å². The van der Waals surface area contributed by atoms with Crippen molar-refractivity contribution in [2.24, 2.45) is 7.05 Å². The van der Waals surface area contributed by atoms with E-state index >= 15 is 0 Å². The summed E-state index contributed by atoms with van der Waals surface area (Å²) in [6.45, 7) is 0. The lowest BCUT2D eigenvalue weighted by Crippen LogP contribution is -1.90. The maximum absolute atomic E-state index is 10.7. The molecule has 1 aromatic carbocycles. The van der Waals surface area contributed by atoms with Gasteiger partial charge in [-0.05, 0) is 35.4 Å². The van der Waals surface area contributed by atoms with E-state index in [9.17, 15) is 4.79 Å². The number of carboxylic acid groups (broad SMARTS) is 1. The molecule has 0 saturated carbocycles. The number of pyridine rings is 1. The topological polar surface area (TPSA) is 68.0 Å². The number of carboxylic acids is 1. The molecule has 1 N–H and O–H groups in total. The summed E-state index contributed by atoms with van der Waals surface area (Å²) in [6.07, 6.45) is 7.89. The molecule has 0 atom stereocenters. The van der Waals surface area contributed by atoms with Crippen molar-refractivity contribution >= 4 is 22.9 Å².